The van der Waals surface area contributed by atoms with Crippen LogP contribution in [0.3, 0.4) is 0 Å². The van der Waals surface area contributed by atoms with Crippen molar-refractivity contribution in [2.75, 3.05) is 5.84 Å². The summed E-state index contributed by atoms with van der Waals surface area (Å²) in [5.41, 5.74) is 3.83. The van der Waals surface area contributed by atoms with Crippen LogP contribution in [0.5, 0.6) is 0 Å². The molecule has 0 aliphatic rings. The maximum absolute atomic E-state index is 6.23. The van der Waals surface area contributed by atoms with Gasteiger partial charge in [-0.3, -0.25) is 4.68 Å². The second kappa shape index (κ2) is 3.58. The van der Waals surface area contributed by atoms with Crippen molar-refractivity contribution in [3.63, 3.8) is 0 Å². The quantitative estimate of drug-likeness (QED) is 0.424. The molecule has 3 nitrogen and oxygen atoms in total. The molecule has 3 aromatic carbocycles. The van der Waals surface area contributed by atoms with Gasteiger partial charge in [-0.05, 0) is 24.3 Å². The van der Waals surface area contributed by atoms with Crippen LogP contribution in [-0.4, -0.2) is 4.68 Å². The Hall–Kier alpha value is -2.94. The van der Waals surface area contributed by atoms with Gasteiger partial charge in [-0.15, -0.1) is 0 Å². The lowest BCUT2D eigenvalue weighted by atomic mass is 10.1. The fourth-order valence-electron chi connectivity index (χ4n) is 3.26. The van der Waals surface area contributed by atoms with Crippen LogP contribution in [0.15, 0.2) is 65.1 Å². The first-order valence-electron chi connectivity index (χ1n) is 6.93. The molecule has 0 spiro atoms. The molecular weight excluding hydrogens is 260 g/mol. The standard InChI is InChI=1S/C18H12N2O/c19-20-14-7-3-1-6-13(14)17-15(20)10-9-12-11-5-2-4-8-16(11)21-18(12)17/h1-10H,19H2. The van der Waals surface area contributed by atoms with Gasteiger partial charge in [-0.2, -0.15) is 0 Å². The van der Waals surface area contributed by atoms with Gasteiger partial charge in [0.25, 0.3) is 0 Å². The number of fused-ring (bicyclic) bond motifs is 7. The molecule has 0 radical (unpaired) electrons. The van der Waals surface area contributed by atoms with Crippen LogP contribution in [0, 0.1) is 0 Å². The fraction of sp³-hybridized carbons (Fsp3) is 0. The van der Waals surface area contributed by atoms with Crippen molar-refractivity contribution in [3.8, 4) is 0 Å². The van der Waals surface area contributed by atoms with Gasteiger partial charge in [0, 0.05) is 16.2 Å². The van der Waals surface area contributed by atoms with Crippen molar-refractivity contribution < 1.29 is 4.42 Å². The van der Waals surface area contributed by atoms with Gasteiger partial charge in [-0.25, -0.2) is 0 Å². The molecule has 0 unspecified atom stereocenters. The average Bonchev–Trinajstić information content (AvgIpc) is 3.04. The summed E-state index contributed by atoms with van der Waals surface area (Å²) in [4.78, 5) is 0. The van der Waals surface area contributed by atoms with Crippen molar-refractivity contribution in [2.45, 2.75) is 0 Å². The number of nitrogens with zero attached hydrogens (tertiary/aromatic N) is 1. The molecule has 3 heteroatoms. The maximum Gasteiger partial charge on any atom is 0.145 e. The molecule has 0 fully saturated rings. The number of nitrogens with two attached hydrogens (primary N) is 1. The summed E-state index contributed by atoms with van der Waals surface area (Å²) in [5.74, 6) is 6.23. The zero-order valence-corrected chi connectivity index (χ0v) is 11.2. The van der Waals surface area contributed by atoms with Gasteiger partial charge in [0.05, 0.1) is 16.4 Å². The van der Waals surface area contributed by atoms with Gasteiger partial charge in [-0.1, -0.05) is 36.4 Å². The van der Waals surface area contributed by atoms with Crippen molar-refractivity contribution in [1.29, 1.82) is 0 Å². The van der Waals surface area contributed by atoms with E-state index in [1.54, 1.807) is 4.68 Å². The van der Waals surface area contributed by atoms with Crippen LogP contribution in [0.25, 0.3) is 43.7 Å². The fourth-order valence-corrected chi connectivity index (χ4v) is 3.26. The summed E-state index contributed by atoms with van der Waals surface area (Å²) < 4.78 is 7.85. The summed E-state index contributed by atoms with van der Waals surface area (Å²) in [7, 11) is 0. The number of benzene rings is 3. The summed E-state index contributed by atoms with van der Waals surface area (Å²) in [6, 6.07) is 20.4. The van der Waals surface area contributed by atoms with E-state index < -0.39 is 0 Å². The number of furan rings is 1. The van der Waals surface area contributed by atoms with Crippen LogP contribution >= 0.6 is 0 Å². The molecule has 0 saturated carbocycles. The third-order valence-corrected chi connectivity index (χ3v) is 4.22. The smallest absolute Gasteiger partial charge is 0.145 e. The molecule has 0 saturated heterocycles. The zero-order chi connectivity index (χ0) is 14.0. The second-order valence-corrected chi connectivity index (χ2v) is 5.32. The largest absolute Gasteiger partial charge is 0.455 e. The number of rotatable bonds is 0. The van der Waals surface area contributed by atoms with Crippen molar-refractivity contribution in [2.24, 2.45) is 0 Å². The van der Waals surface area contributed by atoms with Gasteiger partial charge in [0.15, 0.2) is 0 Å². The van der Waals surface area contributed by atoms with Crippen LogP contribution in [0.4, 0.5) is 0 Å². The molecule has 2 aromatic heterocycles. The predicted octanol–water partition coefficient (Wildman–Crippen LogP) is 4.41. The molecule has 0 bridgehead atoms. The lowest BCUT2D eigenvalue weighted by Crippen LogP contribution is -2.06. The van der Waals surface area contributed by atoms with Gasteiger partial charge >= 0.3 is 0 Å². The predicted molar refractivity (Wildman–Crippen MR) is 86.9 cm³/mol. The Kier molecular flexibility index (Phi) is 1.84. The van der Waals surface area contributed by atoms with Crippen molar-refractivity contribution in [3.05, 3.63) is 60.7 Å². The first-order valence-corrected chi connectivity index (χ1v) is 6.93. The van der Waals surface area contributed by atoms with E-state index in [1.165, 1.54) is 0 Å². The Morgan fingerprint density at radius 3 is 2.38 bits per heavy atom. The number of para-hydroxylation sites is 2. The highest BCUT2D eigenvalue weighted by Gasteiger charge is 2.15. The van der Waals surface area contributed by atoms with Gasteiger partial charge < -0.3 is 10.3 Å². The zero-order valence-electron chi connectivity index (χ0n) is 11.2. The highest BCUT2D eigenvalue weighted by Crippen LogP contribution is 2.38. The minimum atomic E-state index is 0.911. The third kappa shape index (κ3) is 1.23. The van der Waals surface area contributed by atoms with E-state index in [-0.39, 0.29) is 0 Å². The molecule has 21 heavy (non-hydrogen) atoms. The second-order valence-electron chi connectivity index (χ2n) is 5.32. The van der Waals surface area contributed by atoms with E-state index in [0.717, 1.165) is 43.7 Å². The van der Waals surface area contributed by atoms with E-state index in [9.17, 15) is 0 Å². The van der Waals surface area contributed by atoms with Crippen molar-refractivity contribution in [1.82, 2.24) is 4.68 Å². The van der Waals surface area contributed by atoms with Crippen LogP contribution < -0.4 is 5.84 Å². The molecule has 100 valence electrons. The minimum Gasteiger partial charge on any atom is -0.455 e. The molecule has 5 rings (SSSR count). The summed E-state index contributed by atoms with van der Waals surface area (Å²) in [5, 5.41) is 4.49. The normalized spacial score (nSPS) is 12.0. The van der Waals surface area contributed by atoms with E-state index in [0.29, 0.717) is 0 Å². The van der Waals surface area contributed by atoms with Crippen LogP contribution in [-0.2, 0) is 0 Å². The van der Waals surface area contributed by atoms with Crippen LogP contribution in [0.1, 0.15) is 0 Å². The Labute approximate surface area is 120 Å². The molecule has 0 aliphatic heterocycles. The average molecular weight is 272 g/mol. The van der Waals surface area contributed by atoms with E-state index >= 15 is 0 Å². The topological polar surface area (TPSA) is 44.1 Å². The number of aromatic nitrogens is 1. The third-order valence-electron chi connectivity index (χ3n) is 4.22. The molecule has 0 atom stereocenters. The molecule has 0 amide bonds. The van der Waals surface area contributed by atoms with Crippen LogP contribution in [0.2, 0.25) is 0 Å². The molecular formula is C18H12N2O. The van der Waals surface area contributed by atoms with Gasteiger partial charge in [0.1, 0.15) is 11.2 Å². The number of hydrogen-bond donors (Lipinski definition) is 1. The Bertz CT molecular complexity index is 1150. The Balaban J connectivity index is 2.16. The summed E-state index contributed by atoms with van der Waals surface area (Å²) in [6.07, 6.45) is 0. The highest BCUT2D eigenvalue weighted by atomic mass is 16.3. The highest BCUT2D eigenvalue weighted by molar-refractivity contribution is 6.23. The molecule has 2 heterocycles. The van der Waals surface area contributed by atoms with E-state index in [2.05, 4.69) is 24.3 Å². The number of nitrogen functional groups attached to an aromatic ring is 1. The monoisotopic (exact) mass is 272 g/mol. The summed E-state index contributed by atoms with van der Waals surface area (Å²) in [6.45, 7) is 0. The molecule has 0 aliphatic carbocycles. The SMILES string of the molecule is Nn1c2ccccc2c2c3oc4ccccc4c3ccc21. The van der Waals surface area contributed by atoms with E-state index in [4.69, 9.17) is 10.3 Å². The first kappa shape index (κ1) is 10.8. The minimum absolute atomic E-state index is 0.911. The maximum atomic E-state index is 6.23. The first-order chi connectivity index (χ1) is 10.3. The molecule has 2 N–H and O–H groups in total. The molecule has 5 aromatic rings. The lowest BCUT2D eigenvalue weighted by Gasteiger charge is -1.97. The Morgan fingerprint density at radius 2 is 1.48 bits per heavy atom. The summed E-state index contributed by atoms with van der Waals surface area (Å²) >= 11 is 0. The van der Waals surface area contributed by atoms with Crippen molar-refractivity contribution >= 4 is 43.7 Å². The number of hydrogen-bond acceptors (Lipinski definition) is 2. The van der Waals surface area contributed by atoms with E-state index in [1.807, 2.05) is 36.4 Å². The Morgan fingerprint density at radius 1 is 0.714 bits per heavy atom. The lowest BCUT2D eigenvalue weighted by molar-refractivity contribution is 0.673. The van der Waals surface area contributed by atoms with Gasteiger partial charge in [0.2, 0.25) is 0 Å².